The molecule has 16 heteroatoms. The molecule has 1 fully saturated rings. The second-order valence-corrected chi connectivity index (χ2v) is 12.5. The SMILES string of the molecule is CC(C)(C)OC(=O)Nc1nc2c(-c3c(Cl)cc4c(N5CCN(C(=O)O)[C@@H](CC#N)C5)c(C#N)c(O)nc4c3F)ccc(F)c2s1. The lowest BCUT2D eigenvalue weighted by molar-refractivity contribution is 0.0635. The molecule has 0 aliphatic carbocycles. The van der Waals surface area contributed by atoms with E-state index in [1.807, 2.05) is 12.1 Å². The summed E-state index contributed by atoms with van der Waals surface area (Å²) in [6.45, 7) is 5.02. The van der Waals surface area contributed by atoms with Gasteiger partial charge in [0.05, 0.1) is 39.5 Å². The van der Waals surface area contributed by atoms with Gasteiger partial charge in [-0.15, -0.1) is 0 Å². The second kappa shape index (κ2) is 11.8. The number of hydrogen-bond acceptors (Lipinski definition) is 10. The van der Waals surface area contributed by atoms with E-state index in [1.165, 1.54) is 12.1 Å². The zero-order valence-electron chi connectivity index (χ0n) is 24.0. The van der Waals surface area contributed by atoms with Crippen LogP contribution in [0.4, 0.5) is 29.2 Å². The fourth-order valence-corrected chi connectivity index (χ4v) is 6.37. The van der Waals surface area contributed by atoms with Gasteiger partial charge in [0.2, 0.25) is 5.88 Å². The van der Waals surface area contributed by atoms with Crippen molar-refractivity contribution in [3.8, 4) is 29.1 Å². The van der Waals surface area contributed by atoms with Crippen molar-refractivity contribution < 1.29 is 33.3 Å². The molecule has 0 radical (unpaired) electrons. The molecular formula is C29H24ClF2N7O5S. The monoisotopic (exact) mass is 655 g/mol. The van der Waals surface area contributed by atoms with Crippen molar-refractivity contribution in [2.75, 3.05) is 29.9 Å². The number of hydrogen-bond donors (Lipinski definition) is 3. The molecule has 3 heterocycles. The predicted octanol–water partition coefficient (Wildman–Crippen LogP) is 6.45. The number of rotatable bonds is 4. The van der Waals surface area contributed by atoms with E-state index in [1.54, 1.807) is 25.7 Å². The van der Waals surface area contributed by atoms with Crippen molar-refractivity contribution in [3.63, 3.8) is 0 Å². The number of piperazine rings is 1. The maximum atomic E-state index is 16.5. The molecule has 1 atom stereocenters. The first-order valence-electron chi connectivity index (χ1n) is 13.4. The van der Waals surface area contributed by atoms with Gasteiger partial charge in [0.15, 0.2) is 10.9 Å². The van der Waals surface area contributed by atoms with Gasteiger partial charge < -0.3 is 24.7 Å². The van der Waals surface area contributed by atoms with Crippen molar-refractivity contribution in [2.45, 2.75) is 38.8 Å². The number of thiazole rings is 1. The van der Waals surface area contributed by atoms with Crippen LogP contribution in [0.15, 0.2) is 18.2 Å². The Balaban J connectivity index is 1.66. The van der Waals surface area contributed by atoms with E-state index < -0.39 is 41.3 Å². The summed E-state index contributed by atoms with van der Waals surface area (Å²) in [5.41, 5.74) is -1.53. The van der Waals surface area contributed by atoms with E-state index in [4.69, 9.17) is 16.3 Å². The molecule has 2 aromatic heterocycles. The Morgan fingerprint density at radius 2 is 1.96 bits per heavy atom. The minimum Gasteiger partial charge on any atom is -0.492 e. The summed E-state index contributed by atoms with van der Waals surface area (Å²) in [6.07, 6.45) is -2.17. The normalized spacial score (nSPS) is 15.2. The van der Waals surface area contributed by atoms with E-state index in [-0.39, 0.29) is 79.7 Å². The molecule has 3 N–H and O–H groups in total. The highest BCUT2D eigenvalue weighted by atomic mass is 35.5. The molecule has 2 amide bonds. The van der Waals surface area contributed by atoms with Crippen LogP contribution in [-0.4, -0.2) is 68.5 Å². The van der Waals surface area contributed by atoms with Gasteiger partial charge in [-0.1, -0.05) is 22.9 Å². The Bertz CT molecular complexity index is 1970. The van der Waals surface area contributed by atoms with E-state index in [2.05, 4.69) is 15.3 Å². The molecule has 1 aliphatic heterocycles. The average molecular weight is 656 g/mol. The summed E-state index contributed by atoms with van der Waals surface area (Å²) in [4.78, 5) is 35.0. The molecule has 0 spiro atoms. The third-order valence-electron chi connectivity index (χ3n) is 6.98. The summed E-state index contributed by atoms with van der Waals surface area (Å²) >= 11 is 7.47. The van der Waals surface area contributed by atoms with Crippen LogP contribution in [0.3, 0.4) is 0 Å². The van der Waals surface area contributed by atoms with Gasteiger partial charge in [-0.3, -0.25) is 5.32 Å². The van der Waals surface area contributed by atoms with Gasteiger partial charge in [-0.25, -0.2) is 28.3 Å². The molecule has 0 saturated carbocycles. The van der Waals surface area contributed by atoms with Gasteiger partial charge in [0.1, 0.15) is 28.6 Å². The average Bonchev–Trinajstić information content (AvgIpc) is 3.37. The summed E-state index contributed by atoms with van der Waals surface area (Å²) in [6, 6.07) is 6.78. The molecule has 0 unspecified atom stereocenters. The fourth-order valence-electron chi connectivity index (χ4n) is 5.19. The summed E-state index contributed by atoms with van der Waals surface area (Å²) in [5.74, 6) is -2.45. The number of carbonyl (C=O) groups is 2. The largest absolute Gasteiger partial charge is 0.492 e. The van der Waals surface area contributed by atoms with Gasteiger partial charge in [0, 0.05) is 36.1 Å². The number of pyridine rings is 1. The number of aromatic hydroxyl groups is 1. The zero-order chi connectivity index (χ0) is 32.8. The third kappa shape index (κ3) is 5.92. The third-order valence-corrected chi connectivity index (χ3v) is 8.26. The van der Waals surface area contributed by atoms with Crippen LogP contribution in [0.25, 0.3) is 32.2 Å². The van der Waals surface area contributed by atoms with E-state index >= 15 is 4.39 Å². The predicted molar refractivity (Wildman–Crippen MR) is 162 cm³/mol. The van der Waals surface area contributed by atoms with Gasteiger partial charge in [-0.2, -0.15) is 10.5 Å². The Morgan fingerprint density at radius 3 is 2.60 bits per heavy atom. The lowest BCUT2D eigenvalue weighted by atomic mass is 9.98. The number of nitriles is 2. The van der Waals surface area contributed by atoms with E-state index in [0.717, 1.165) is 22.3 Å². The standard InChI is InChI=1S/C29H24ClF2N7O5S/c1-29(2,3)44-27(41)37-26-36-22-14(4-5-18(31)24(22)45-26)19-17(30)10-15-21(20(19)32)35-25(40)16(11-34)23(15)38-8-9-39(28(42)43)13(12-38)6-7-33/h4-5,10,13H,6,8-9,12H2,1-3H3,(H,35,40)(H,42,43)(H,36,37,41)/t13-/m0/s1. The number of benzene rings is 2. The van der Waals surface area contributed by atoms with Crippen LogP contribution < -0.4 is 10.2 Å². The molecule has 45 heavy (non-hydrogen) atoms. The number of anilines is 2. The number of fused-ring (bicyclic) bond motifs is 2. The van der Waals surface area contributed by atoms with Crippen LogP contribution in [0, 0.1) is 34.3 Å². The van der Waals surface area contributed by atoms with E-state index in [9.17, 15) is 34.7 Å². The Morgan fingerprint density at radius 1 is 1.22 bits per heavy atom. The van der Waals surface area contributed by atoms with Gasteiger partial charge in [-0.05, 0) is 39.0 Å². The summed E-state index contributed by atoms with van der Waals surface area (Å²) < 4.78 is 36.6. The highest BCUT2D eigenvalue weighted by Crippen LogP contribution is 2.45. The lowest BCUT2D eigenvalue weighted by Gasteiger charge is -2.40. The number of amides is 2. The zero-order valence-corrected chi connectivity index (χ0v) is 25.6. The highest BCUT2D eigenvalue weighted by molar-refractivity contribution is 7.22. The minimum absolute atomic E-state index is 0.00489. The minimum atomic E-state index is -1.21. The number of ether oxygens (including phenoxy) is 1. The lowest BCUT2D eigenvalue weighted by Crippen LogP contribution is -2.55. The number of aromatic nitrogens is 2. The Kier molecular flexibility index (Phi) is 8.27. The fraction of sp³-hybridized carbons (Fsp3) is 0.310. The first kappa shape index (κ1) is 31.4. The van der Waals surface area contributed by atoms with E-state index in [0.29, 0.717) is 0 Å². The number of halogens is 3. The van der Waals surface area contributed by atoms with Crippen molar-refractivity contribution in [2.24, 2.45) is 0 Å². The van der Waals surface area contributed by atoms with Crippen molar-refractivity contribution in [1.82, 2.24) is 14.9 Å². The first-order chi connectivity index (χ1) is 21.2. The van der Waals surface area contributed by atoms with Crippen molar-refractivity contribution >= 4 is 67.1 Å². The molecular weight excluding hydrogens is 632 g/mol. The number of nitrogens with zero attached hydrogens (tertiary/aromatic N) is 6. The van der Waals surface area contributed by atoms with Crippen molar-refractivity contribution in [3.05, 3.63) is 40.4 Å². The van der Waals surface area contributed by atoms with Gasteiger partial charge >= 0.3 is 12.2 Å². The summed E-state index contributed by atoms with van der Waals surface area (Å²) in [5, 5.41) is 41.8. The number of carbonyl (C=O) groups excluding carboxylic acids is 1. The molecule has 4 aromatic rings. The molecule has 0 bridgehead atoms. The maximum Gasteiger partial charge on any atom is 0.413 e. The van der Waals surface area contributed by atoms with Gasteiger partial charge in [0.25, 0.3) is 0 Å². The van der Waals surface area contributed by atoms with Crippen LogP contribution in [0.5, 0.6) is 5.88 Å². The number of nitrogens with one attached hydrogen (secondary N) is 1. The topological polar surface area (TPSA) is 176 Å². The molecule has 1 aliphatic rings. The Labute approximate surface area is 263 Å². The molecule has 1 saturated heterocycles. The molecule has 232 valence electrons. The van der Waals surface area contributed by atoms with Crippen LogP contribution in [0.1, 0.15) is 32.8 Å². The first-order valence-corrected chi connectivity index (χ1v) is 14.6. The smallest absolute Gasteiger partial charge is 0.413 e. The molecule has 12 nitrogen and oxygen atoms in total. The number of carboxylic acid groups (broad SMARTS) is 1. The molecule has 2 aromatic carbocycles. The van der Waals surface area contributed by atoms with Crippen molar-refractivity contribution in [1.29, 1.82) is 10.5 Å². The highest BCUT2D eigenvalue weighted by Gasteiger charge is 2.34. The second-order valence-electron chi connectivity index (χ2n) is 11.1. The van der Waals surface area contributed by atoms with Crippen LogP contribution in [-0.2, 0) is 4.74 Å². The molecule has 5 rings (SSSR count). The quantitative estimate of drug-likeness (QED) is 0.221. The summed E-state index contributed by atoms with van der Waals surface area (Å²) in [7, 11) is 0. The van der Waals surface area contributed by atoms with Crippen LogP contribution >= 0.6 is 22.9 Å². The maximum absolute atomic E-state index is 16.5. The van der Waals surface area contributed by atoms with Crippen LogP contribution in [0.2, 0.25) is 5.02 Å². The Hall–Kier alpha value is -4.99.